The van der Waals surface area contributed by atoms with Gasteiger partial charge in [-0.15, -0.1) is 10.2 Å². The molecule has 3 heterocycles. The molecular formula is C24H31N7O3. The molecule has 0 aliphatic heterocycles. The van der Waals surface area contributed by atoms with Crippen LogP contribution in [-0.2, 0) is 26.0 Å². The Labute approximate surface area is 197 Å². The highest BCUT2D eigenvalue weighted by Crippen LogP contribution is 2.29. The van der Waals surface area contributed by atoms with Crippen molar-refractivity contribution in [3.05, 3.63) is 57.0 Å². The Hall–Kier alpha value is -3.53. The molecular weight excluding hydrogens is 434 g/mol. The average Bonchev–Trinajstić information content (AvgIpc) is 3.35. The maximum Gasteiger partial charge on any atom is 0.277 e. The van der Waals surface area contributed by atoms with Crippen molar-refractivity contribution in [3.8, 4) is 17.1 Å². The summed E-state index contributed by atoms with van der Waals surface area (Å²) < 4.78 is 9.33. The van der Waals surface area contributed by atoms with Gasteiger partial charge in [0.25, 0.3) is 5.56 Å². The molecule has 4 rings (SSSR count). The number of H-pyrrole nitrogens is 1. The molecule has 0 fully saturated rings. The molecule has 1 aromatic carbocycles. The minimum atomic E-state index is -0.237. The van der Waals surface area contributed by atoms with Gasteiger partial charge in [-0.25, -0.2) is 14.2 Å². The van der Waals surface area contributed by atoms with Crippen molar-refractivity contribution in [2.75, 3.05) is 6.61 Å². The van der Waals surface area contributed by atoms with E-state index in [1.165, 1.54) is 0 Å². The zero-order chi connectivity index (χ0) is 24.2. The zero-order valence-electron chi connectivity index (χ0n) is 20.1. The van der Waals surface area contributed by atoms with E-state index in [2.05, 4.69) is 34.1 Å². The SMILES string of the molecule is CCCc1c(CO)nnn1Cc1ccc(OCC)c(-c2nn3c(CCC)nc(C)c3c(=O)[nH]2)c1. The van der Waals surface area contributed by atoms with Crippen LogP contribution in [0.4, 0.5) is 0 Å². The number of aliphatic hydroxyl groups excluding tert-OH is 1. The maximum absolute atomic E-state index is 13.0. The van der Waals surface area contributed by atoms with E-state index in [1.807, 2.05) is 36.7 Å². The molecule has 2 N–H and O–H groups in total. The monoisotopic (exact) mass is 465 g/mol. The fourth-order valence-corrected chi connectivity index (χ4v) is 4.19. The first-order valence-corrected chi connectivity index (χ1v) is 11.8. The summed E-state index contributed by atoms with van der Waals surface area (Å²) in [6.07, 6.45) is 3.32. The van der Waals surface area contributed by atoms with Gasteiger partial charge in [0.05, 0.1) is 36.7 Å². The van der Waals surface area contributed by atoms with Crippen molar-refractivity contribution in [1.82, 2.24) is 34.6 Å². The summed E-state index contributed by atoms with van der Waals surface area (Å²) in [5.74, 6) is 1.81. The molecule has 10 heteroatoms. The molecule has 4 aromatic rings. The molecule has 0 spiro atoms. The van der Waals surface area contributed by atoms with E-state index < -0.39 is 0 Å². The summed E-state index contributed by atoms with van der Waals surface area (Å²) in [7, 11) is 0. The van der Waals surface area contributed by atoms with E-state index in [1.54, 1.807) is 4.52 Å². The van der Waals surface area contributed by atoms with Crippen LogP contribution in [0.25, 0.3) is 16.9 Å². The molecule has 0 aliphatic rings. The number of imidazole rings is 1. The van der Waals surface area contributed by atoms with Crippen molar-refractivity contribution in [2.24, 2.45) is 0 Å². The lowest BCUT2D eigenvalue weighted by atomic mass is 10.1. The van der Waals surface area contributed by atoms with Crippen LogP contribution in [0, 0.1) is 6.92 Å². The minimum absolute atomic E-state index is 0.139. The van der Waals surface area contributed by atoms with Crippen molar-refractivity contribution in [1.29, 1.82) is 0 Å². The van der Waals surface area contributed by atoms with Gasteiger partial charge in [-0.2, -0.15) is 0 Å². The highest BCUT2D eigenvalue weighted by Gasteiger charge is 2.18. The lowest BCUT2D eigenvalue weighted by Crippen LogP contribution is -2.16. The smallest absolute Gasteiger partial charge is 0.277 e. The Morgan fingerprint density at radius 2 is 1.94 bits per heavy atom. The first kappa shape index (κ1) is 23.6. The summed E-state index contributed by atoms with van der Waals surface area (Å²) in [6, 6.07) is 5.80. The topological polar surface area (TPSA) is 123 Å². The molecule has 0 atom stereocenters. The van der Waals surface area contributed by atoms with Crippen LogP contribution in [0.3, 0.4) is 0 Å². The Bertz CT molecular complexity index is 1350. The third-order valence-electron chi connectivity index (χ3n) is 5.70. The number of fused-ring (bicyclic) bond motifs is 1. The predicted molar refractivity (Wildman–Crippen MR) is 128 cm³/mol. The number of ether oxygens (including phenoxy) is 1. The second-order valence-corrected chi connectivity index (χ2v) is 8.24. The molecule has 0 radical (unpaired) electrons. The normalized spacial score (nSPS) is 11.4. The molecule has 3 aromatic heterocycles. The molecule has 10 nitrogen and oxygen atoms in total. The fraction of sp³-hybridized carbons (Fsp3) is 0.458. The lowest BCUT2D eigenvalue weighted by Gasteiger charge is -2.13. The fourth-order valence-electron chi connectivity index (χ4n) is 4.19. The molecule has 0 amide bonds. The quantitative estimate of drug-likeness (QED) is 0.369. The summed E-state index contributed by atoms with van der Waals surface area (Å²) in [5.41, 5.74) is 4.05. The van der Waals surface area contributed by atoms with Gasteiger partial charge >= 0.3 is 0 Å². The highest BCUT2D eigenvalue weighted by molar-refractivity contribution is 5.66. The van der Waals surface area contributed by atoms with Crippen LogP contribution in [0.1, 0.15) is 62.1 Å². The molecule has 0 aliphatic carbocycles. The van der Waals surface area contributed by atoms with Crippen LogP contribution in [-0.4, -0.2) is 46.3 Å². The van der Waals surface area contributed by atoms with Gasteiger partial charge in [0.1, 0.15) is 17.3 Å². The highest BCUT2D eigenvalue weighted by atomic mass is 16.5. The number of aromatic amines is 1. The number of benzene rings is 1. The van der Waals surface area contributed by atoms with Gasteiger partial charge in [0.15, 0.2) is 11.3 Å². The van der Waals surface area contributed by atoms with E-state index in [9.17, 15) is 9.90 Å². The zero-order valence-corrected chi connectivity index (χ0v) is 20.1. The van der Waals surface area contributed by atoms with E-state index >= 15 is 0 Å². The average molecular weight is 466 g/mol. The Kier molecular flexibility index (Phi) is 7.06. The number of aliphatic hydroxyl groups is 1. The van der Waals surface area contributed by atoms with Crippen molar-refractivity contribution in [2.45, 2.75) is 66.5 Å². The predicted octanol–water partition coefficient (Wildman–Crippen LogP) is 2.83. The van der Waals surface area contributed by atoms with Gasteiger partial charge < -0.3 is 14.8 Å². The number of aromatic nitrogens is 7. The van der Waals surface area contributed by atoms with Crippen LogP contribution in [0.5, 0.6) is 5.75 Å². The summed E-state index contributed by atoms with van der Waals surface area (Å²) in [4.78, 5) is 20.4. The van der Waals surface area contributed by atoms with Crippen molar-refractivity contribution >= 4 is 5.52 Å². The molecule has 0 saturated carbocycles. The molecule has 34 heavy (non-hydrogen) atoms. The lowest BCUT2D eigenvalue weighted by molar-refractivity contribution is 0.275. The van der Waals surface area contributed by atoms with Crippen molar-refractivity contribution < 1.29 is 9.84 Å². The maximum atomic E-state index is 13.0. The van der Waals surface area contributed by atoms with Crippen LogP contribution >= 0.6 is 0 Å². The van der Waals surface area contributed by atoms with E-state index in [4.69, 9.17) is 9.84 Å². The minimum Gasteiger partial charge on any atom is -0.493 e. The Morgan fingerprint density at radius 3 is 2.65 bits per heavy atom. The summed E-state index contributed by atoms with van der Waals surface area (Å²) >= 11 is 0. The standard InChI is InChI=1S/C24H31N7O3/c1-5-8-19-18(14-32)27-29-30(19)13-16-10-11-20(34-7-3)17(12-16)23-26-24(33)22-15(4)25-21(9-6-2)31(22)28-23/h10-12,32H,5-9,13-14H2,1-4H3,(H,26,28,33). The van der Waals surface area contributed by atoms with Crippen molar-refractivity contribution in [3.63, 3.8) is 0 Å². The summed E-state index contributed by atoms with van der Waals surface area (Å²) in [6.45, 7) is 8.70. The third kappa shape index (κ3) is 4.45. The summed E-state index contributed by atoms with van der Waals surface area (Å²) in [5, 5.41) is 22.7. The first-order valence-electron chi connectivity index (χ1n) is 11.8. The molecule has 0 bridgehead atoms. The molecule has 0 unspecified atom stereocenters. The van der Waals surface area contributed by atoms with E-state index in [-0.39, 0.29) is 12.2 Å². The Balaban J connectivity index is 1.81. The van der Waals surface area contributed by atoms with Crippen LogP contribution < -0.4 is 10.3 Å². The number of nitrogens with zero attached hydrogens (tertiary/aromatic N) is 6. The van der Waals surface area contributed by atoms with Gasteiger partial charge in [0, 0.05) is 6.42 Å². The number of aryl methyl sites for hydroxylation is 2. The second-order valence-electron chi connectivity index (χ2n) is 8.24. The molecule has 0 saturated heterocycles. The number of hydrogen-bond acceptors (Lipinski definition) is 7. The second kappa shape index (κ2) is 10.2. The molecule has 180 valence electrons. The van der Waals surface area contributed by atoms with Gasteiger partial charge in [0.2, 0.25) is 0 Å². The van der Waals surface area contributed by atoms with E-state index in [0.717, 1.165) is 42.8 Å². The van der Waals surface area contributed by atoms with Gasteiger partial charge in [-0.3, -0.25) is 4.79 Å². The van der Waals surface area contributed by atoms with Gasteiger partial charge in [-0.05, 0) is 44.4 Å². The number of nitrogens with one attached hydrogen (secondary N) is 1. The number of hydrogen-bond donors (Lipinski definition) is 2. The largest absolute Gasteiger partial charge is 0.493 e. The Morgan fingerprint density at radius 1 is 1.15 bits per heavy atom. The van der Waals surface area contributed by atoms with E-state index in [0.29, 0.717) is 47.2 Å². The van der Waals surface area contributed by atoms with Crippen LogP contribution in [0.15, 0.2) is 23.0 Å². The van der Waals surface area contributed by atoms with Crippen LogP contribution in [0.2, 0.25) is 0 Å². The number of rotatable bonds is 10. The van der Waals surface area contributed by atoms with Gasteiger partial charge in [-0.1, -0.05) is 31.5 Å². The first-order chi connectivity index (χ1) is 16.5. The third-order valence-corrected chi connectivity index (χ3v) is 5.70.